The molecule has 0 heterocycles. The highest BCUT2D eigenvalue weighted by Gasteiger charge is 2.19. The van der Waals surface area contributed by atoms with E-state index in [0.717, 1.165) is 4.47 Å². The van der Waals surface area contributed by atoms with Gasteiger partial charge in [0.1, 0.15) is 5.75 Å². The number of aliphatic hydroxyl groups excluding tert-OH is 1. The number of anilines is 2. The first-order valence-corrected chi connectivity index (χ1v) is 9.16. The molecule has 0 aliphatic heterocycles. The Hall–Kier alpha value is -2.31. The molecule has 2 aromatic carbocycles. The topological polar surface area (TPSA) is 95.6 Å². The molecule has 138 valence electrons. The second-order valence-corrected chi connectivity index (χ2v) is 7.10. The fourth-order valence-corrected chi connectivity index (χ4v) is 2.94. The molecule has 0 aliphatic carbocycles. The molecular formula is C20H23BrN2O3. The van der Waals surface area contributed by atoms with Crippen LogP contribution in [0.5, 0.6) is 5.75 Å². The van der Waals surface area contributed by atoms with E-state index in [1.165, 1.54) is 6.08 Å². The third-order valence-corrected chi connectivity index (χ3v) is 4.62. The SMILES string of the molecule is C[C@@H](CC/C=C/C(=O)Nc1ccccc1N)[C@H](O)c1cc(Br)ccc1O. The van der Waals surface area contributed by atoms with E-state index in [9.17, 15) is 15.0 Å². The number of para-hydroxylation sites is 2. The number of hydrogen-bond acceptors (Lipinski definition) is 4. The summed E-state index contributed by atoms with van der Waals surface area (Å²) in [5, 5.41) is 23.1. The molecule has 0 fully saturated rings. The van der Waals surface area contributed by atoms with Crippen molar-refractivity contribution in [1.29, 1.82) is 0 Å². The summed E-state index contributed by atoms with van der Waals surface area (Å²) < 4.78 is 0.799. The molecule has 0 saturated heterocycles. The zero-order chi connectivity index (χ0) is 19.1. The van der Waals surface area contributed by atoms with Crippen LogP contribution < -0.4 is 11.1 Å². The average molecular weight is 419 g/mol. The molecule has 0 bridgehead atoms. The lowest BCUT2D eigenvalue weighted by Crippen LogP contribution is -2.10. The Kier molecular flexibility index (Phi) is 7.24. The van der Waals surface area contributed by atoms with Gasteiger partial charge in [0.15, 0.2) is 0 Å². The molecule has 2 aromatic rings. The van der Waals surface area contributed by atoms with Gasteiger partial charge in [-0.15, -0.1) is 0 Å². The van der Waals surface area contributed by atoms with Crippen molar-refractivity contribution in [2.24, 2.45) is 5.92 Å². The highest BCUT2D eigenvalue weighted by molar-refractivity contribution is 9.10. The van der Waals surface area contributed by atoms with E-state index >= 15 is 0 Å². The first-order chi connectivity index (χ1) is 12.4. The van der Waals surface area contributed by atoms with E-state index in [2.05, 4.69) is 21.2 Å². The second-order valence-electron chi connectivity index (χ2n) is 6.18. The third kappa shape index (κ3) is 5.61. The number of carbonyl (C=O) groups excluding carboxylic acids is 1. The van der Waals surface area contributed by atoms with Crippen molar-refractivity contribution in [3.05, 3.63) is 64.7 Å². The Morgan fingerprint density at radius 3 is 2.77 bits per heavy atom. The Bertz CT molecular complexity index is 792. The zero-order valence-electron chi connectivity index (χ0n) is 14.5. The lowest BCUT2D eigenvalue weighted by molar-refractivity contribution is -0.111. The third-order valence-electron chi connectivity index (χ3n) is 4.12. The first kappa shape index (κ1) is 20.0. The summed E-state index contributed by atoms with van der Waals surface area (Å²) in [5.41, 5.74) is 7.37. The van der Waals surface area contributed by atoms with Crippen molar-refractivity contribution >= 4 is 33.2 Å². The number of halogens is 1. The Labute approximate surface area is 161 Å². The van der Waals surface area contributed by atoms with Gasteiger partial charge in [0.25, 0.3) is 0 Å². The summed E-state index contributed by atoms with van der Waals surface area (Å²) in [7, 11) is 0. The number of nitrogens with one attached hydrogen (secondary N) is 1. The Balaban J connectivity index is 1.84. The van der Waals surface area contributed by atoms with Crippen molar-refractivity contribution in [1.82, 2.24) is 0 Å². The molecular weight excluding hydrogens is 396 g/mol. The maximum absolute atomic E-state index is 11.9. The van der Waals surface area contributed by atoms with Gasteiger partial charge in [-0.3, -0.25) is 4.79 Å². The number of phenols is 1. The molecule has 0 radical (unpaired) electrons. The number of nitrogen functional groups attached to an aromatic ring is 1. The average Bonchev–Trinajstić information content (AvgIpc) is 2.62. The van der Waals surface area contributed by atoms with Gasteiger partial charge in [0.05, 0.1) is 17.5 Å². The van der Waals surface area contributed by atoms with Crippen LogP contribution in [0, 0.1) is 5.92 Å². The number of rotatable bonds is 7. The highest BCUT2D eigenvalue weighted by Crippen LogP contribution is 2.33. The lowest BCUT2D eigenvalue weighted by atomic mass is 9.93. The van der Waals surface area contributed by atoms with Crippen LogP contribution in [0.15, 0.2) is 59.1 Å². The highest BCUT2D eigenvalue weighted by atomic mass is 79.9. The maximum atomic E-state index is 11.9. The minimum absolute atomic E-state index is 0.0721. The van der Waals surface area contributed by atoms with Crippen molar-refractivity contribution in [2.75, 3.05) is 11.1 Å². The number of nitrogens with two attached hydrogens (primary N) is 1. The number of aliphatic hydroxyl groups is 1. The van der Waals surface area contributed by atoms with E-state index in [-0.39, 0.29) is 17.6 Å². The van der Waals surface area contributed by atoms with E-state index < -0.39 is 6.10 Å². The van der Waals surface area contributed by atoms with Crippen LogP contribution >= 0.6 is 15.9 Å². The van der Waals surface area contributed by atoms with Crippen LogP contribution in [0.4, 0.5) is 11.4 Å². The van der Waals surface area contributed by atoms with Gasteiger partial charge in [-0.2, -0.15) is 0 Å². The van der Waals surface area contributed by atoms with E-state index in [0.29, 0.717) is 29.8 Å². The van der Waals surface area contributed by atoms with E-state index in [1.807, 2.05) is 6.92 Å². The maximum Gasteiger partial charge on any atom is 0.248 e. The Morgan fingerprint density at radius 2 is 2.04 bits per heavy atom. The molecule has 0 aromatic heterocycles. The summed E-state index contributed by atoms with van der Waals surface area (Å²) in [6, 6.07) is 12.0. The smallest absolute Gasteiger partial charge is 0.248 e. The molecule has 5 N–H and O–H groups in total. The zero-order valence-corrected chi connectivity index (χ0v) is 16.1. The monoisotopic (exact) mass is 418 g/mol. The molecule has 0 unspecified atom stereocenters. The van der Waals surface area contributed by atoms with Gasteiger partial charge >= 0.3 is 0 Å². The number of allylic oxidation sites excluding steroid dienone is 1. The molecule has 2 atom stereocenters. The van der Waals surface area contributed by atoms with Crippen LogP contribution in [0.3, 0.4) is 0 Å². The van der Waals surface area contributed by atoms with Crippen LogP contribution in [0.2, 0.25) is 0 Å². The summed E-state index contributed by atoms with van der Waals surface area (Å²) in [6.45, 7) is 1.91. The fourth-order valence-electron chi connectivity index (χ4n) is 2.56. The molecule has 0 aliphatic rings. The molecule has 0 spiro atoms. The van der Waals surface area contributed by atoms with Crippen LogP contribution in [0.25, 0.3) is 0 Å². The van der Waals surface area contributed by atoms with Gasteiger partial charge in [-0.05, 0) is 55.2 Å². The number of benzene rings is 2. The predicted octanol–water partition coefficient (Wildman–Crippen LogP) is 4.38. The summed E-state index contributed by atoms with van der Waals surface area (Å²) in [5.74, 6) is -0.253. The molecule has 6 heteroatoms. The number of amides is 1. The van der Waals surface area contributed by atoms with Crippen LogP contribution in [-0.4, -0.2) is 16.1 Å². The van der Waals surface area contributed by atoms with E-state index in [1.54, 1.807) is 48.5 Å². The van der Waals surface area contributed by atoms with Gasteiger partial charge in [0.2, 0.25) is 5.91 Å². The number of carbonyl (C=O) groups is 1. The van der Waals surface area contributed by atoms with Crippen LogP contribution in [-0.2, 0) is 4.79 Å². The van der Waals surface area contributed by atoms with Crippen molar-refractivity contribution in [3.8, 4) is 5.75 Å². The minimum Gasteiger partial charge on any atom is -0.508 e. The summed E-state index contributed by atoms with van der Waals surface area (Å²) in [6.07, 6.45) is 3.74. The van der Waals surface area contributed by atoms with Crippen molar-refractivity contribution in [2.45, 2.75) is 25.9 Å². The quantitative estimate of drug-likeness (QED) is 0.396. The normalized spacial score (nSPS) is 13.5. The molecule has 0 saturated carbocycles. The largest absolute Gasteiger partial charge is 0.508 e. The van der Waals surface area contributed by atoms with Gasteiger partial charge < -0.3 is 21.3 Å². The van der Waals surface area contributed by atoms with Gasteiger partial charge in [-0.25, -0.2) is 0 Å². The van der Waals surface area contributed by atoms with E-state index in [4.69, 9.17) is 5.73 Å². The lowest BCUT2D eigenvalue weighted by Gasteiger charge is -2.19. The summed E-state index contributed by atoms with van der Waals surface area (Å²) in [4.78, 5) is 11.9. The van der Waals surface area contributed by atoms with Gasteiger partial charge in [0, 0.05) is 10.0 Å². The van der Waals surface area contributed by atoms with Crippen molar-refractivity contribution in [3.63, 3.8) is 0 Å². The predicted molar refractivity (Wildman–Crippen MR) is 108 cm³/mol. The fraction of sp³-hybridized carbons (Fsp3) is 0.250. The molecule has 26 heavy (non-hydrogen) atoms. The van der Waals surface area contributed by atoms with Gasteiger partial charge in [-0.1, -0.05) is 41.1 Å². The standard InChI is InChI=1S/C20H23BrN2O3/c1-13(20(26)15-12-14(21)10-11-18(15)24)6-2-5-9-19(25)23-17-8-4-3-7-16(17)22/h3-5,7-13,20,24,26H,2,6,22H2,1H3,(H,23,25)/b9-5+/t13-,20-/m0/s1. The number of aromatic hydroxyl groups is 1. The number of hydrogen-bond donors (Lipinski definition) is 4. The minimum atomic E-state index is -0.779. The Morgan fingerprint density at radius 1 is 1.31 bits per heavy atom. The second kappa shape index (κ2) is 9.40. The molecule has 5 nitrogen and oxygen atoms in total. The van der Waals surface area contributed by atoms with Crippen molar-refractivity contribution < 1.29 is 15.0 Å². The molecule has 1 amide bonds. The molecule has 2 rings (SSSR count). The van der Waals surface area contributed by atoms with Crippen LogP contribution in [0.1, 0.15) is 31.4 Å². The first-order valence-electron chi connectivity index (χ1n) is 8.37. The summed E-state index contributed by atoms with van der Waals surface area (Å²) >= 11 is 3.34. The number of phenolic OH excluding ortho intramolecular Hbond substituents is 1.